The molecular weight excluding hydrogens is 435 g/mol. The van der Waals surface area contributed by atoms with E-state index in [1.807, 2.05) is 14.0 Å². The average Bonchev–Trinajstić information content (AvgIpc) is 2.63. The highest BCUT2D eigenvalue weighted by Crippen LogP contribution is 2.34. The molecule has 1 saturated carbocycles. The standard InChI is InChI=1S/C17H34N4OS.HI/c1-3-22-12-9-19-16(18-2)20-15-17(7-5-4-6-8-17)21-10-13-23-14-11-21;/h3-15H2,1-2H3,(H2,18,19,20);1H. The van der Waals surface area contributed by atoms with E-state index >= 15 is 0 Å². The van der Waals surface area contributed by atoms with Crippen molar-refractivity contribution < 1.29 is 4.74 Å². The summed E-state index contributed by atoms with van der Waals surface area (Å²) in [5.74, 6) is 3.47. The Morgan fingerprint density at radius 1 is 1.17 bits per heavy atom. The first-order chi connectivity index (χ1) is 11.3. The van der Waals surface area contributed by atoms with Crippen molar-refractivity contribution in [3.8, 4) is 0 Å². The second-order valence-electron chi connectivity index (χ2n) is 6.43. The highest BCUT2D eigenvalue weighted by atomic mass is 127. The summed E-state index contributed by atoms with van der Waals surface area (Å²) in [5, 5.41) is 6.94. The minimum atomic E-state index is 0. The Morgan fingerprint density at radius 2 is 1.88 bits per heavy atom. The van der Waals surface area contributed by atoms with E-state index in [0.717, 1.165) is 32.3 Å². The summed E-state index contributed by atoms with van der Waals surface area (Å²) >= 11 is 2.09. The third kappa shape index (κ3) is 6.88. The van der Waals surface area contributed by atoms with Gasteiger partial charge in [-0.2, -0.15) is 11.8 Å². The van der Waals surface area contributed by atoms with Crippen LogP contribution in [0.1, 0.15) is 39.0 Å². The van der Waals surface area contributed by atoms with Crippen LogP contribution in [-0.2, 0) is 4.74 Å². The van der Waals surface area contributed by atoms with E-state index in [0.29, 0.717) is 5.54 Å². The monoisotopic (exact) mass is 470 g/mol. The van der Waals surface area contributed by atoms with E-state index in [2.05, 4.69) is 32.3 Å². The summed E-state index contributed by atoms with van der Waals surface area (Å²) in [6, 6.07) is 0. The van der Waals surface area contributed by atoms with Gasteiger partial charge in [0.25, 0.3) is 0 Å². The molecule has 2 fully saturated rings. The molecule has 2 rings (SSSR count). The van der Waals surface area contributed by atoms with Crippen molar-refractivity contribution in [3.05, 3.63) is 0 Å². The van der Waals surface area contributed by atoms with Gasteiger partial charge in [0.15, 0.2) is 5.96 Å². The zero-order valence-electron chi connectivity index (χ0n) is 15.3. The fourth-order valence-corrected chi connectivity index (χ4v) is 4.61. The molecule has 0 bridgehead atoms. The fraction of sp³-hybridized carbons (Fsp3) is 0.941. The number of thioether (sulfide) groups is 1. The highest BCUT2D eigenvalue weighted by molar-refractivity contribution is 14.0. The highest BCUT2D eigenvalue weighted by Gasteiger charge is 2.38. The quantitative estimate of drug-likeness (QED) is 0.259. The Bertz CT molecular complexity index is 358. The molecule has 0 amide bonds. The van der Waals surface area contributed by atoms with E-state index in [9.17, 15) is 0 Å². The van der Waals surface area contributed by atoms with Gasteiger partial charge in [-0.05, 0) is 19.8 Å². The molecule has 1 heterocycles. The Labute approximate surface area is 169 Å². The van der Waals surface area contributed by atoms with Crippen molar-refractivity contribution in [1.82, 2.24) is 15.5 Å². The molecule has 142 valence electrons. The summed E-state index contributed by atoms with van der Waals surface area (Å²) in [7, 11) is 1.85. The van der Waals surface area contributed by atoms with E-state index < -0.39 is 0 Å². The molecule has 0 aromatic rings. The lowest BCUT2D eigenvalue weighted by molar-refractivity contribution is 0.0625. The van der Waals surface area contributed by atoms with Crippen molar-refractivity contribution in [3.63, 3.8) is 0 Å². The van der Waals surface area contributed by atoms with Gasteiger partial charge in [-0.1, -0.05) is 19.3 Å². The molecule has 7 heteroatoms. The van der Waals surface area contributed by atoms with Gasteiger partial charge < -0.3 is 15.4 Å². The maximum absolute atomic E-state index is 5.38. The van der Waals surface area contributed by atoms with Gasteiger partial charge in [0.05, 0.1) is 6.61 Å². The Morgan fingerprint density at radius 3 is 2.50 bits per heavy atom. The summed E-state index contributed by atoms with van der Waals surface area (Å²) in [6.45, 7) is 7.81. The lowest BCUT2D eigenvalue weighted by Crippen LogP contribution is -2.59. The number of hydrogen-bond acceptors (Lipinski definition) is 4. The number of aliphatic imine (C=N–C) groups is 1. The molecule has 2 N–H and O–H groups in total. The van der Waals surface area contributed by atoms with E-state index in [4.69, 9.17) is 4.74 Å². The predicted octanol–water partition coefficient (Wildman–Crippen LogP) is 2.56. The third-order valence-electron chi connectivity index (χ3n) is 5.02. The predicted molar refractivity (Wildman–Crippen MR) is 116 cm³/mol. The summed E-state index contributed by atoms with van der Waals surface area (Å²) in [4.78, 5) is 7.12. The molecular formula is C17H35IN4OS. The van der Waals surface area contributed by atoms with E-state index in [1.54, 1.807) is 0 Å². The Kier molecular flexibility index (Phi) is 11.7. The van der Waals surface area contributed by atoms with Crippen LogP contribution in [0.3, 0.4) is 0 Å². The van der Waals surface area contributed by atoms with Gasteiger partial charge in [-0.15, -0.1) is 24.0 Å². The Hall–Kier alpha value is 0.270. The lowest BCUT2D eigenvalue weighted by Gasteiger charge is -2.48. The van der Waals surface area contributed by atoms with E-state index in [-0.39, 0.29) is 24.0 Å². The minimum absolute atomic E-state index is 0. The molecule has 0 atom stereocenters. The minimum Gasteiger partial charge on any atom is -0.380 e. The number of nitrogens with one attached hydrogen (secondary N) is 2. The maximum atomic E-state index is 5.38. The van der Waals surface area contributed by atoms with Gasteiger partial charge in [-0.3, -0.25) is 9.89 Å². The van der Waals surface area contributed by atoms with E-state index in [1.165, 1.54) is 56.7 Å². The summed E-state index contributed by atoms with van der Waals surface area (Å²) in [5.41, 5.74) is 0.330. The molecule has 0 radical (unpaired) electrons. The van der Waals surface area contributed by atoms with Crippen LogP contribution in [0.25, 0.3) is 0 Å². The number of guanidine groups is 1. The van der Waals surface area contributed by atoms with Crippen LogP contribution in [0.15, 0.2) is 4.99 Å². The molecule has 0 spiro atoms. The third-order valence-corrected chi connectivity index (χ3v) is 5.96. The first kappa shape index (κ1) is 22.3. The number of hydrogen-bond donors (Lipinski definition) is 2. The van der Waals surface area contributed by atoms with Crippen LogP contribution in [0, 0.1) is 0 Å². The summed E-state index contributed by atoms with van der Waals surface area (Å²) in [6.07, 6.45) is 6.76. The van der Waals surface area contributed by atoms with Crippen molar-refractivity contribution in [1.29, 1.82) is 0 Å². The van der Waals surface area contributed by atoms with Gasteiger partial charge in [0.2, 0.25) is 0 Å². The van der Waals surface area contributed by atoms with Crippen molar-refractivity contribution >= 4 is 41.7 Å². The van der Waals surface area contributed by atoms with Crippen molar-refractivity contribution in [2.45, 2.75) is 44.6 Å². The van der Waals surface area contributed by atoms with Crippen molar-refractivity contribution in [2.75, 3.05) is 57.9 Å². The zero-order chi connectivity index (χ0) is 16.4. The number of halogens is 1. The smallest absolute Gasteiger partial charge is 0.191 e. The van der Waals surface area contributed by atoms with Crippen LogP contribution < -0.4 is 10.6 Å². The molecule has 0 aromatic heterocycles. The number of nitrogens with zero attached hydrogens (tertiary/aromatic N) is 2. The molecule has 0 aromatic carbocycles. The molecule has 2 aliphatic rings. The second-order valence-corrected chi connectivity index (χ2v) is 7.66. The zero-order valence-corrected chi connectivity index (χ0v) is 18.5. The van der Waals surface area contributed by atoms with Gasteiger partial charge in [0.1, 0.15) is 0 Å². The Balaban J connectivity index is 0.00000288. The van der Waals surface area contributed by atoms with Crippen LogP contribution in [0.2, 0.25) is 0 Å². The number of rotatable bonds is 7. The molecule has 5 nitrogen and oxygen atoms in total. The summed E-state index contributed by atoms with van der Waals surface area (Å²) < 4.78 is 5.38. The molecule has 1 aliphatic carbocycles. The molecule has 0 unspecified atom stereocenters. The SMILES string of the molecule is CCOCCNC(=NC)NCC1(N2CCSCC2)CCCCC1.I. The topological polar surface area (TPSA) is 48.9 Å². The molecule has 1 aliphatic heterocycles. The largest absolute Gasteiger partial charge is 0.380 e. The maximum Gasteiger partial charge on any atom is 0.191 e. The van der Waals surface area contributed by atoms with Crippen molar-refractivity contribution in [2.24, 2.45) is 4.99 Å². The lowest BCUT2D eigenvalue weighted by atomic mass is 9.80. The average molecular weight is 470 g/mol. The van der Waals surface area contributed by atoms with Crippen LogP contribution in [-0.4, -0.2) is 74.3 Å². The van der Waals surface area contributed by atoms with Gasteiger partial charge in [0, 0.05) is 56.9 Å². The van der Waals surface area contributed by atoms with Gasteiger partial charge >= 0.3 is 0 Å². The van der Waals surface area contributed by atoms with Gasteiger partial charge in [-0.25, -0.2) is 0 Å². The normalized spacial score (nSPS) is 21.8. The first-order valence-electron chi connectivity index (χ1n) is 9.16. The van der Waals surface area contributed by atoms with Crippen LogP contribution in [0.4, 0.5) is 0 Å². The van der Waals surface area contributed by atoms with Crippen LogP contribution in [0.5, 0.6) is 0 Å². The fourth-order valence-electron chi connectivity index (χ4n) is 3.71. The molecule has 1 saturated heterocycles. The van der Waals surface area contributed by atoms with Crippen LogP contribution >= 0.6 is 35.7 Å². The first-order valence-corrected chi connectivity index (χ1v) is 10.3. The second kappa shape index (κ2) is 12.6. The number of ether oxygens (including phenoxy) is 1. The molecule has 24 heavy (non-hydrogen) atoms.